The summed E-state index contributed by atoms with van der Waals surface area (Å²) in [6, 6.07) is 9.24. The van der Waals surface area contributed by atoms with Crippen LogP contribution in [0, 0.1) is 0 Å². The minimum atomic E-state index is 0.623. The van der Waals surface area contributed by atoms with Gasteiger partial charge in [-0.05, 0) is 38.4 Å². The Morgan fingerprint density at radius 1 is 1.27 bits per heavy atom. The average Bonchev–Trinajstić information content (AvgIpc) is 2.26. The molecule has 0 radical (unpaired) electrons. The van der Waals surface area contributed by atoms with Gasteiger partial charge in [0, 0.05) is 12.6 Å². The number of nitrogens with zero attached hydrogens (tertiary/aromatic N) is 1. The molecule has 0 aliphatic rings. The third kappa shape index (κ3) is 3.88. The molecule has 82 valence electrons. The highest BCUT2D eigenvalue weighted by Crippen LogP contribution is 2.07. The first-order chi connectivity index (χ1) is 7.13. The van der Waals surface area contributed by atoms with E-state index < -0.39 is 0 Å². The molecule has 0 N–H and O–H groups in total. The van der Waals surface area contributed by atoms with Crippen LogP contribution in [0.5, 0.6) is 0 Å². The minimum Gasteiger partial charge on any atom is -0.304 e. The van der Waals surface area contributed by atoms with Gasteiger partial charge in [-0.25, -0.2) is 0 Å². The topological polar surface area (TPSA) is 3.24 Å². The molecule has 0 saturated carbocycles. The molecule has 0 saturated heterocycles. The molecule has 15 heavy (non-hydrogen) atoms. The molecule has 0 aliphatic heterocycles. The lowest BCUT2D eigenvalue weighted by Crippen LogP contribution is -2.28. The van der Waals surface area contributed by atoms with Gasteiger partial charge in [0.25, 0.3) is 0 Å². The van der Waals surface area contributed by atoms with Crippen molar-refractivity contribution >= 4 is 6.08 Å². The molecule has 0 fully saturated rings. The van der Waals surface area contributed by atoms with E-state index in [1.165, 1.54) is 11.1 Å². The maximum absolute atomic E-state index is 3.75. The fourth-order valence-electron chi connectivity index (χ4n) is 1.38. The first-order valence-corrected chi connectivity index (χ1v) is 5.55. The highest BCUT2D eigenvalue weighted by Gasteiger charge is 2.02. The Labute approximate surface area is 93.4 Å². The van der Waals surface area contributed by atoms with Crippen LogP contribution >= 0.6 is 0 Å². The summed E-state index contributed by atoms with van der Waals surface area (Å²) in [5.74, 6) is 0. The quantitative estimate of drug-likeness (QED) is 0.710. The molecule has 1 rings (SSSR count). The van der Waals surface area contributed by atoms with Crippen LogP contribution in [0.1, 0.15) is 25.0 Å². The molecule has 1 nitrogen and oxygen atoms in total. The Kier molecular flexibility index (Phi) is 4.57. The second-order valence-electron chi connectivity index (χ2n) is 4.27. The van der Waals surface area contributed by atoms with Crippen LogP contribution in [-0.4, -0.2) is 24.5 Å². The van der Waals surface area contributed by atoms with E-state index in [1.54, 1.807) is 0 Å². The largest absolute Gasteiger partial charge is 0.304 e. The molecular formula is C14H21N. The van der Waals surface area contributed by atoms with Crippen LogP contribution in [0.2, 0.25) is 0 Å². The van der Waals surface area contributed by atoms with E-state index in [9.17, 15) is 0 Å². The lowest BCUT2D eigenvalue weighted by molar-refractivity contribution is 0.277. The van der Waals surface area contributed by atoms with E-state index in [4.69, 9.17) is 0 Å². The van der Waals surface area contributed by atoms with Crippen molar-refractivity contribution in [3.8, 4) is 0 Å². The van der Waals surface area contributed by atoms with E-state index in [1.807, 2.05) is 6.08 Å². The van der Waals surface area contributed by atoms with Gasteiger partial charge in [-0.2, -0.15) is 0 Å². The van der Waals surface area contributed by atoms with Gasteiger partial charge in [-0.3, -0.25) is 0 Å². The summed E-state index contributed by atoms with van der Waals surface area (Å²) in [5, 5.41) is 0. The average molecular weight is 203 g/mol. The van der Waals surface area contributed by atoms with Crippen molar-refractivity contribution < 1.29 is 0 Å². The molecule has 0 aliphatic carbocycles. The molecule has 1 aromatic rings. The Hall–Kier alpha value is -1.08. The summed E-state index contributed by atoms with van der Waals surface area (Å²) in [6.07, 6.45) is 3.00. The molecule has 0 aromatic heterocycles. The van der Waals surface area contributed by atoms with Crippen molar-refractivity contribution in [1.29, 1.82) is 0 Å². The molecule has 0 unspecified atom stereocenters. The number of hydrogen-bond acceptors (Lipinski definition) is 1. The number of benzene rings is 1. The minimum absolute atomic E-state index is 0.623. The van der Waals surface area contributed by atoms with Crippen molar-refractivity contribution in [1.82, 2.24) is 4.90 Å². The Bertz CT molecular complexity index is 298. The SMILES string of the molecule is C=Cc1ccc(CCN(C)C(C)C)cc1. The van der Waals surface area contributed by atoms with Gasteiger partial charge in [0.2, 0.25) is 0 Å². The highest BCUT2D eigenvalue weighted by atomic mass is 15.1. The fourth-order valence-corrected chi connectivity index (χ4v) is 1.38. The van der Waals surface area contributed by atoms with Crippen molar-refractivity contribution in [3.05, 3.63) is 42.0 Å². The van der Waals surface area contributed by atoms with Crippen LogP contribution in [0.4, 0.5) is 0 Å². The van der Waals surface area contributed by atoms with E-state index in [2.05, 4.69) is 56.6 Å². The van der Waals surface area contributed by atoms with E-state index in [-0.39, 0.29) is 0 Å². The first kappa shape index (κ1) is 12.0. The van der Waals surface area contributed by atoms with E-state index in [0.717, 1.165) is 13.0 Å². The summed E-state index contributed by atoms with van der Waals surface area (Å²) in [7, 11) is 2.17. The van der Waals surface area contributed by atoms with Crippen molar-refractivity contribution in [2.75, 3.05) is 13.6 Å². The first-order valence-electron chi connectivity index (χ1n) is 5.55. The predicted molar refractivity (Wildman–Crippen MR) is 68.0 cm³/mol. The zero-order chi connectivity index (χ0) is 11.3. The molecule has 1 heteroatoms. The monoisotopic (exact) mass is 203 g/mol. The second kappa shape index (κ2) is 5.72. The maximum Gasteiger partial charge on any atom is 0.00356 e. The van der Waals surface area contributed by atoms with Gasteiger partial charge in [0.1, 0.15) is 0 Å². The zero-order valence-corrected chi connectivity index (χ0v) is 10.0. The van der Waals surface area contributed by atoms with E-state index >= 15 is 0 Å². The lowest BCUT2D eigenvalue weighted by atomic mass is 10.1. The molecule has 1 aromatic carbocycles. The van der Waals surface area contributed by atoms with Gasteiger partial charge in [-0.15, -0.1) is 0 Å². The maximum atomic E-state index is 3.75. The zero-order valence-electron chi connectivity index (χ0n) is 10.0. The molecule has 0 spiro atoms. The van der Waals surface area contributed by atoms with Gasteiger partial charge >= 0.3 is 0 Å². The lowest BCUT2D eigenvalue weighted by Gasteiger charge is -2.20. The van der Waals surface area contributed by atoms with Crippen LogP contribution in [0.15, 0.2) is 30.8 Å². The van der Waals surface area contributed by atoms with Crippen molar-refractivity contribution in [2.24, 2.45) is 0 Å². The Morgan fingerprint density at radius 2 is 1.87 bits per heavy atom. The standard InChI is InChI=1S/C14H21N/c1-5-13-6-8-14(9-7-13)10-11-15(4)12(2)3/h5-9,12H,1,10-11H2,2-4H3. The summed E-state index contributed by atoms with van der Waals surface area (Å²) < 4.78 is 0. The van der Waals surface area contributed by atoms with E-state index in [0.29, 0.717) is 6.04 Å². The molecule has 0 heterocycles. The fraction of sp³-hybridized carbons (Fsp3) is 0.429. The number of likely N-dealkylation sites (N-methyl/N-ethyl adjacent to an activating group) is 1. The van der Waals surface area contributed by atoms with Crippen LogP contribution in [0.3, 0.4) is 0 Å². The third-order valence-electron chi connectivity index (χ3n) is 2.85. The normalized spacial score (nSPS) is 11.0. The van der Waals surface area contributed by atoms with Crippen molar-refractivity contribution in [3.63, 3.8) is 0 Å². The van der Waals surface area contributed by atoms with Gasteiger partial charge in [-0.1, -0.05) is 36.9 Å². The molecule has 0 atom stereocenters. The predicted octanol–water partition coefficient (Wildman–Crippen LogP) is 3.21. The van der Waals surface area contributed by atoms with Crippen LogP contribution in [-0.2, 0) is 6.42 Å². The third-order valence-corrected chi connectivity index (χ3v) is 2.85. The summed E-state index contributed by atoms with van der Waals surface area (Å²) in [4.78, 5) is 2.36. The number of rotatable bonds is 5. The molecule has 0 amide bonds. The summed E-state index contributed by atoms with van der Waals surface area (Å²) >= 11 is 0. The van der Waals surface area contributed by atoms with Crippen molar-refractivity contribution in [2.45, 2.75) is 26.3 Å². The smallest absolute Gasteiger partial charge is 0.00356 e. The second-order valence-corrected chi connectivity index (χ2v) is 4.27. The van der Waals surface area contributed by atoms with Crippen LogP contribution in [0.25, 0.3) is 6.08 Å². The number of hydrogen-bond donors (Lipinski definition) is 0. The summed E-state index contributed by atoms with van der Waals surface area (Å²) in [5.41, 5.74) is 2.59. The Balaban J connectivity index is 2.47. The van der Waals surface area contributed by atoms with Gasteiger partial charge < -0.3 is 4.90 Å². The Morgan fingerprint density at radius 3 is 2.33 bits per heavy atom. The highest BCUT2D eigenvalue weighted by molar-refractivity contribution is 5.47. The summed E-state index contributed by atoms with van der Waals surface area (Å²) in [6.45, 7) is 9.31. The molecular weight excluding hydrogens is 182 g/mol. The van der Waals surface area contributed by atoms with Crippen LogP contribution < -0.4 is 0 Å². The van der Waals surface area contributed by atoms with Gasteiger partial charge in [0.05, 0.1) is 0 Å². The molecule has 0 bridgehead atoms. The van der Waals surface area contributed by atoms with Gasteiger partial charge in [0.15, 0.2) is 0 Å².